The molecule has 0 amide bonds. The molecule has 0 saturated carbocycles. The quantitative estimate of drug-likeness (QED) is 0.733. The van der Waals surface area contributed by atoms with Crippen molar-refractivity contribution in [3.8, 4) is 0 Å². The predicted octanol–water partition coefficient (Wildman–Crippen LogP) is 2.12. The van der Waals surface area contributed by atoms with Gasteiger partial charge in [0.25, 0.3) is 0 Å². The number of hydrogen-bond acceptors (Lipinski definition) is 1. The number of benzene rings is 1. The highest BCUT2D eigenvalue weighted by atomic mass is 19.1. The van der Waals surface area contributed by atoms with Crippen molar-refractivity contribution in [2.24, 2.45) is 0 Å². The van der Waals surface area contributed by atoms with E-state index in [0.717, 1.165) is 5.56 Å². The lowest BCUT2D eigenvalue weighted by molar-refractivity contribution is 0.159. The molecule has 0 aliphatic carbocycles. The first kappa shape index (κ1) is 9.20. The van der Waals surface area contributed by atoms with Gasteiger partial charge in [-0.1, -0.05) is 37.3 Å². The van der Waals surface area contributed by atoms with E-state index in [1.165, 1.54) is 0 Å². The molecule has 2 atom stereocenters. The van der Waals surface area contributed by atoms with Crippen LogP contribution in [0.2, 0.25) is 0 Å². The van der Waals surface area contributed by atoms with E-state index >= 15 is 0 Å². The summed E-state index contributed by atoms with van der Waals surface area (Å²) in [5.74, 6) is -0.226. The Kier molecular flexibility index (Phi) is 3.23. The molecule has 1 aromatic rings. The lowest BCUT2D eigenvalue weighted by Gasteiger charge is -2.14. The highest BCUT2D eigenvalue weighted by Gasteiger charge is 2.16. The minimum atomic E-state index is -1.16. The van der Waals surface area contributed by atoms with E-state index in [0.29, 0.717) is 0 Å². The summed E-state index contributed by atoms with van der Waals surface area (Å²) in [5.41, 5.74) is 0.930. The normalized spacial score (nSPS) is 15.6. The molecule has 0 radical (unpaired) electrons. The van der Waals surface area contributed by atoms with Gasteiger partial charge in [0.2, 0.25) is 0 Å². The highest BCUT2D eigenvalue weighted by molar-refractivity contribution is 5.19. The molecule has 0 aliphatic rings. The zero-order valence-electron chi connectivity index (χ0n) is 7.07. The molecule has 2 heteroatoms. The first-order valence-electron chi connectivity index (χ1n) is 4.05. The highest BCUT2D eigenvalue weighted by Crippen LogP contribution is 2.20. The van der Waals surface area contributed by atoms with Crippen LogP contribution in [0.4, 0.5) is 4.39 Å². The second-order valence-electron chi connectivity index (χ2n) is 2.90. The Morgan fingerprint density at radius 3 is 2.42 bits per heavy atom. The molecular formula is C10H13FO. The number of alkyl halides is 1. The third kappa shape index (κ3) is 2.05. The maximum Gasteiger partial charge on any atom is 0.130 e. The van der Waals surface area contributed by atoms with E-state index in [4.69, 9.17) is 5.11 Å². The van der Waals surface area contributed by atoms with Crippen LogP contribution < -0.4 is 0 Å². The molecule has 1 nitrogen and oxygen atoms in total. The molecule has 0 fully saturated rings. The molecule has 0 aliphatic heterocycles. The van der Waals surface area contributed by atoms with Crippen molar-refractivity contribution in [1.82, 2.24) is 0 Å². The number of rotatable bonds is 3. The zero-order chi connectivity index (χ0) is 8.97. The topological polar surface area (TPSA) is 20.2 Å². The Balaban J connectivity index is 2.71. The van der Waals surface area contributed by atoms with Gasteiger partial charge in [-0.3, -0.25) is 0 Å². The van der Waals surface area contributed by atoms with Gasteiger partial charge in [-0.15, -0.1) is 0 Å². The summed E-state index contributed by atoms with van der Waals surface area (Å²) in [6.07, 6.45) is -1.16. The molecular weight excluding hydrogens is 155 g/mol. The van der Waals surface area contributed by atoms with Crippen LogP contribution in [0.5, 0.6) is 0 Å². The van der Waals surface area contributed by atoms with E-state index in [9.17, 15) is 4.39 Å². The number of aliphatic hydroxyl groups is 1. The van der Waals surface area contributed by atoms with Crippen LogP contribution in [-0.2, 0) is 0 Å². The van der Waals surface area contributed by atoms with Crippen LogP contribution in [0.15, 0.2) is 30.3 Å². The summed E-state index contributed by atoms with van der Waals surface area (Å²) < 4.78 is 13.0. The third-order valence-electron chi connectivity index (χ3n) is 2.04. The Morgan fingerprint density at radius 2 is 1.92 bits per heavy atom. The monoisotopic (exact) mass is 168 g/mol. The molecule has 12 heavy (non-hydrogen) atoms. The molecule has 0 unspecified atom stereocenters. The van der Waals surface area contributed by atoms with Gasteiger partial charge in [0.15, 0.2) is 0 Å². The van der Waals surface area contributed by atoms with Gasteiger partial charge < -0.3 is 5.11 Å². The van der Waals surface area contributed by atoms with Crippen LogP contribution in [0, 0.1) is 0 Å². The third-order valence-corrected chi connectivity index (χ3v) is 2.04. The van der Waals surface area contributed by atoms with E-state index in [1.807, 2.05) is 30.3 Å². The average molecular weight is 168 g/mol. The van der Waals surface area contributed by atoms with Crippen molar-refractivity contribution in [3.05, 3.63) is 35.9 Å². The fourth-order valence-electron chi connectivity index (χ4n) is 1.12. The van der Waals surface area contributed by atoms with E-state index in [1.54, 1.807) is 6.92 Å². The van der Waals surface area contributed by atoms with Gasteiger partial charge in [0, 0.05) is 5.92 Å². The fraction of sp³-hybridized carbons (Fsp3) is 0.400. The van der Waals surface area contributed by atoms with Crippen molar-refractivity contribution in [2.45, 2.75) is 19.0 Å². The van der Waals surface area contributed by atoms with Gasteiger partial charge in [0.1, 0.15) is 6.17 Å². The van der Waals surface area contributed by atoms with Gasteiger partial charge in [-0.05, 0) is 5.56 Å². The minimum absolute atomic E-state index is 0.226. The molecule has 1 N–H and O–H groups in total. The van der Waals surface area contributed by atoms with Crippen molar-refractivity contribution < 1.29 is 9.50 Å². The first-order valence-corrected chi connectivity index (χ1v) is 4.05. The second-order valence-corrected chi connectivity index (χ2v) is 2.90. The maximum atomic E-state index is 13.0. The lowest BCUT2D eigenvalue weighted by atomic mass is 9.97. The average Bonchev–Trinajstić information content (AvgIpc) is 2.17. The first-order chi connectivity index (χ1) is 5.75. The molecule has 0 heterocycles. The van der Waals surface area contributed by atoms with Gasteiger partial charge in [-0.2, -0.15) is 0 Å². The van der Waals surface area contributed by atoms with Crippen molar-refractivity contribution in [3.63, 3.8) is 0 Å². The summed E-state index contributed by atoms with van der Waals surface area (Å²) in [5, 5.41) is 8.59. The van der Waals surface area contributed by atoms with Gasteiger partial charge in [0.05, 0.1) is 6.61 Å². The second kappa shape index (κ2) is 4.21. The summed E-state index contributed by atoms with van der Waals surface area (Å²) in [4.78, 5) is 0. The standard InChI is InChI=1S/C10H13FO/c1-8(10(11)7-12)9-5-3-2-4-6-9/h2-6,8,10,12H,7H2,1H3/t8-,10+/m0/s1. The Hall–Kier alpha value is -0.890. The fourth-order valence-corrected chi connectivity index (χ4v) is 1.12. The molecule has 1 aromatic carbocycles. The molecule has 0 bridgehead atoms. The Morgan fingerprint density at radius 1 is 1.33 bits per heavy atom. The van der Waals surface area contributed by atoms with Crippen LogP contribution in [0.25, 0.3) is 0 Å². The maximum absolute atomic E-state index is 13.0. The van der Waals surface area contributed by atoms with Crippen LogP contribution in [0.1, 0.15) is 18.4 Å². The smallest absolute Gasteiger partial charge is 0.130 e. The largest absolute Gasteiger partial charge is 0.393 e. The SMILES string of the molecule is C[C@@H](c1ccccc1)[C@H](F)CO. The molecule has 0 saturated heterocycles. The lowest BCUT2D eigenvalue weighted by Crippen LogP contribution is -2.14. The van der Waals surface area contributed by atoms with Gasteiger partial charge >= 0.3 is 0 Å². The summed E-state index contributed by atoms with van der Waals surface area (Å²) >= 11 is 0. The van der Waals surface area contributed by atoms with Gasteiger partial charge in [-0.25, -0.2) is 4.39 Å². The van der Waals surface area contributed by atoms with Crippen molar-refractivity contribution in [1.29, 1.82) is 0 Å². The zero-order valence-corrected chi connectivity index (χ0v) is 7.07. The number of hydrogen-bond donors (Lipinski definition) is 1. The van der Waals surface area contributed by atoms with Crippen molar-refractivity contribution in [2.75, 3.05) is 6.61 Å². The number of aliphatic hydroxyl groups excluding tert-OH is 1. The van der Waals surface area contributed by atoms with Crippen LogP contribution in [0.3, 0.4) is 0 Å². The summed E-state index contributed by atoms with van der Waals surface area (Å²) in [7, 11) is 0. The minimum Gasteiger partial charge on any atom is -0.393 e. The summed E-state index contributed by atoms with van der Waals surface area (Å²) in [6, 6.07) is 9.37. The summed E-state index contributed by atoms with van der Waals surface area (Å²) in [6.45, 7) is 1.37. The Labute approximate surface area is 71.9 Å². The Bertz CT molecular complexity index is 223. The predicted molar refractivity (Wildman–Crippen MR) is 46.8 cm³/mol. The van der Waals surface area contributed by atoms with Crippen LogP contribution in [-0.4, -0.2) is 17.9 Å². The van der Waals surface area contributed by atoms with Crippen LogP contribution >= 0.6 is 0 Å². The van der Waals surface area contributed by atoms with E-state index in [2.05, 4.69) is 0 Å². The molecule has 0 aromatic heterocycles. The molecule has 0 spiro atoms. The van der Waals surface area contributed by atoms with Crippen molar-refractivity contribution >= 4 is 0 Å². The number of halogens is 1. The van der Waals surface area contributed by atoms with E-state index < -0.39 is 12.8 Å². The molecule has 66 valence electrons. The molecule has 1 rings (SSSR count). The van der Waals surface area contributed by atoms with E-state index in [-0.39, 0.29) is 5.92 Å².